The molecule has 8 nitrogen and oxygen atoms in total. The lowest BCUT2D eigenvalue weighted by Crippen LogP contribution is -2.29. The average molecular weight is 487 g/mol. The van der Waals surface area contributed by atoms with E-state index in [0.29, 0.717) is 0 Å². The number of hydrogen-bond donors (Lipinski definition) is 2. The van der Waals surface area contributed by atoms with Crippen molar-refractivity contribution in [1.29, 1.82) is 0 Å². The molecule has 7 heterocycles. The predicted octanol–water partition coefficient (Wildman–Crippen LogP) is 5.61. The van der Waals surface area contributed by atoms with Gasteiger partial charge < -0.3 is 4.98 Å². The summed E-state index contributed by atoms with van der Waals surface area (Å²) in [6.45, 7) is 3.26. The molecule has 37 heavy (non-hydrogen) atoms. The van der Waals surface area contributed by atoms with Gasteiger partial charge in [0, 0.05) is 59.6 Å². The van der Waals surface area contributed by atoms with Gasteiger partial charge in [0.1, 0.15) is 11.2 Å². The van der Waals surface area contributed by atoms with E-state index in [1.165, 1.54) is 24.8 Å². The summed E-state index contributed by atoms with van der Waals surface area (Å²) in [5.74, 6) is 0. The van der Waals surface area contributed by atoms with Gasteiger partial charge in [-0.2, -0.15) is 5.10 Å². The minimum absolute atomic E-state index is 0.780. The van der Waals surface area contributed by atoms with Crippen LogP contribution < -0.4 is 0 Å². The van der Waals surface area contributed by atoms with Crippen LogP contribution in [0.4, 0.5) is 0 Å². The van der Waals surface area contributed by atoms with Gasteiger partial charge in [0.15, 0.2) is 0 Å². The Balaban J connectivity index is 1.26. The maximum atomic E-state index is 5.03. The van der Waals surface area contributed by atoms with Gasteiger partial charge in [-0.1, -0.05) is 12.5 Å². The van der Waals surface area contributed by atoms with E-state index in [9.17, 15) is 0 Å². The second kappa shape index (κ2) is 9.22. The number of nitrogens with zero attached hydrogens (tertiary/aromatic N) is 6. The van der Waals surface area contributed by atoms with Gasteiger partial charge in [0.25, 0.3) is 0 Å². The third kappa shape index (κ3) is 4.15. The molecule has 1 saturated heterocycles. The maximum absolute atomic E-state index is 5.03. The Hall–Kier alpha value is -4.43. The van der Waals surface area contributed by atoms with E-state index >= 15 is 0 Å². The highest BCUT2D eigenvalue weighted by Crippen LogP contribution is 2.33. The van der Waals surface area contributed by atoms with Gasteiger partial charge >= 0.3 is 0 Å². The number of nitrogens with one attached hydrogen (secondary N) is 2. The zero-order valence-corrected chi connectivity index (χ0v) is 20.4. The molecular formula is C29H26N8. The molecule has 0 spiro atoms. The molecule has 0 bridgehead atoms. The van der Waals surface area contributed by atoms with E-state index in [1.54, 1.807) is 6.20 Å². The first kappa shape index (κ1) is 21.8. The first-order chi connectivity index (χ1) is 18.3. The van der Waals surface area contributed by atoms with Gasteiger partial charge in [-0.25, -0.2) is 4.98 Å². The monoisotopic (exact) mass is 486 g/mol. The molecule has 1 fully saturated rings. The molecule has 1 aliphatic heterocycles. The summed E-state index contributed by atoms with van der Waals surface area (Å²) in [6.07, 6.45) is 15.1. The molecule has 0 saturated carbocycles. The zero-order valence-electron chi connectivity index (χ0n) is 20.4. The maximum Gasteiger partial charge on any atom is 0.135 e. The summed E-state index contributed by atoms with van der Waals surface area (Å²) in [6, 6.07) is 12.4. The number of likely N-dealkylation sites (tertiary alicyclic amines) is 1. The largest absolute Gasteiger partial charge is 0.352 e. The highest BCUT2D eigenvalue weighted by molar-refractivity contribution is 5.99. The molecule has 1 aliphatic rings. The standard InChI is InChI=1S/C29H26N8/c1-2-9-37(10-3-1)18-19-11-21(15-31-13-19)24-6-7-25-28(34-24)29(36-35-25)26-12-22-23(16-32-17-27(22)33-26)20-5-4-8-30-14-20/h4-8,11-17,33H,1-3,9-10,18H2,(H,35,36). The molecule has 7 rings (SSSR count). The fourth-order valence-electron chi connectivity index (χ4n) is 5.27. The van der Waals surface area contributed by atoms with Crippen LogP contribution in [0, 0.1) is 0 Å². The Morgan fingerprint density at radius 3 is 2.59 bits per heavy atom. The van der Waals surface area contributed by atoms with Crippen molar-refractivity contribution in [2.45, 2.75) is 25.8 Å². The number of fused-ring (bicyclic) bond motifs is 2. The topological polar surface area (TPSA) is 99.3 Å². The van der Waals surface area contributed by atoms with Crippen molar-refractivity contribution < 1.29 is 0 Å². The fraction of sp³-hybridized carbons (Fsp3) is 0.207. The van der Waals surface area contributed by atoms with E-state index in [2.05, 4.69) is 47.2 Å². The van der Waals surface area contributed by atoms with Crippen molar-refractivity contribution in [3.8, 4) is 33.8 Å². The Morgan fingerprint density at radius 1 is 0.811 bits per heavy atom. The van der Waals surface area contributed by atoms with Gasteiger partial charge in [0.2, 0.25) is 0 Å². The van der Waals surface area contributed by atoms with Gasteiger partial charge in [-0.3, -0.25) is 25.0 Å². The van der Waals surface area contributed by atoms with Crippen molar-refractivity contribution in [1.82, 2.24) is 40.0 Å². The second-order valence-electron chi connectivity index (χ2n) is 9.66. The first-order valence-electron chi connectivity index (χ1n) is 12.7. The highest BCUT2D eigenvalue weighted by Gasteiger charge is 2.16. The smallest absolute Gasteiger partial charge is 0.135 e. The van der Waals surface area contributed by atoms with Crippen molar-refractivity contribution >= 4 is 21.9 Å². The summed E-state index contributed by atoms with van der Waals surface area (Å²) in [7, 11) is 0. The minimum atomic E-state index is 0.780. The van der Waals surface area contributed by atoms with Crippen LogP contribution in [0.25, 0.3) is 55.7 Å². The molecule has 0 amide bonds. The van der Waals surface area contributed by atoms with Crippen LogP contribution in [0.15, 0.2) is 73.6 Å². The molecule has 0 aromatic carbocycles. The second-order valence-corrected chi connectivity index (χ2v) is 9.66. The number of aromatic nitrogens is 7. The lowest BCUT2D eigenvalue weighted by Gasteiger charge is -2.26. The predicted molar refractivity (Wildman–Crippen MR) is 145 cm³/mol. The van der Waals surface area contributed by atoms with Crippen LogP contribution in [0.3, 0.4) is 0 Å². The molecule has 182 valence electrons. The van der Waals surface area contributed by atoms with Crippen LogP contribution in [-0.4, -0.2) is 53.1 Å². The molecule has 6 aromatic rings. The van der Waals surface area contributed by atoms with Crippen molar-refractivity contribution in [2.24, 2.45) is 0 Å². The molecule has 0 radical (unpaired) electrons. The summed E-state index contributed by atoms with van der Waals surface area (Å²) >= 11 is 0. The number of pyridine rings is 4. The van der Waals surface area contributed by atoms with Crippen LogP contribution in [-0.2, 0) is 6.54 Å². The Labute approximate surface area is 213 Å². The van der Waals surface area contributed by atoms with E-state index in [0.717, 1.165) is 75.3 Å². The van der Waals surface area contributed by atoms with Crippen LogP contribution >= 0.6 is 0 Å². The summed E-state index contributed by atoms with van der Waals surface area (Å²) in [5, 5.41) is 8.83. The van der Waals surface area contributed by atoms with Crippen molar-refractivity contribution in [3.05, 3.63) is 79.1 Å². The quantitative estimate of drug-likeness (QED) is 0.329. The Morgan fingerprint density at radius 2 is 1.70 bits per heavy atom. The number of rotatable bonds is 5. The number of aromatic amines is 2. The molecule has 0 unspecified atom stereocenters. The Bertz CT molecular complexity index is 1700. The summed E-state index contributed by atoms with van der Waals surface area (Å²) in [4.78, 5) is 24.3. The molecule has 0 atom stereocenters. The number of hydrogen-bond acceptors (Lipinski definition) is 6. The summed E-state index contributed by atoms with van der Waals surface area (Å²) < 4.78 is 0. The van der Waals surface area contributed by atoms with E-state index in [-0.39, 0.29) is 0 Å². The zero-order chi connectivity index (χ0) is 24.6. The normalized spacial score (nSPS) is 14.5. The van der Waals surface area contributed by atoms with Crippen LogP contribution in [0.2, 0.25) is 0 Å². The van der Waals surface area contributed by atoms with Crippen LogP contribution in [0.5, 0.6) is 0 Å². The lowest BCUT2D eigenvalue weighted by atomic mass is 10.1. The molecule has 6 aromatic heterocycles. The van der Waals surface area contributed by atoms with Crippen LogP contribution in [0.1, 0.15) is 24.8 Å². The number of H-pyrrole nitrogens is 2. The molecule has 2 N–H and O–H groups in total. The van der Waals surface area contributed by atoms with Crippen molar-refractivity contribution in [2.75, 3.05) is 13.1 Å². The van der Waals surface area contributed by atoms with E-state index < -0.39 is 0 Å². The van der Waals surface area contributed by atoms with Crippen molar-refractivity contribution in [3.63, 3.8) is 0 Å². The highest BCUT2D eigenvalue weighted by atomic mass is 15.1. The van der Waals surface area contributed by atoms with Gasteiger partial charge in [0.05, 0.1) is 28.6 Å². The SMILES string of the molecule is c1cncc(-c2cncc3[nH]c(-c4n[nH]c5ccc(-c6cncc(CN7CCCCC7)c6)nc45)cc23)c1. The van der Waals surface area contributed by atoms with Gasteiger partial charge in [-0.05, 0) is 61.8 Å². The number of piperidine rings is 1. The molecule has 0 aliphatic carbocycles. The third-order valence-corrected chi connectivity index (χ3v) is 7.13. The average Bonchev–Trinajstić information content (AvgIpc) is 3.58. The van der Waals surface area contributed by atoms with Gasteiger partial charge in [-0.15, -0.1) is 0 Å². The van der Waals surface area contributed by atoms with E-state index in [1.807, 2.05) is 55.2 Å². The third-order valence-electron chi connectivity index (χ3n) is 7.13. The lowest BCUT2D eigenvalue weighted by molar-refractivity contribution is 0.220. The Kier molecular flexibility index (Phi) is 5.44. The molecule has 8 heteroatoms. The minimum Gasteiger partial charge on any atom is -0.352 e. The fourth-order valence-corrected chi connectivity index (χ4v) is 5.27. The first-order valence-corrected chi connectivity index (χ1v) is 12.7. The summed E-state index contributed by atoms with van der Waals surface area (Å²) in [5.41, 5.74) is 9.50. The molecular weight excluding hydrogens is 460 g/mol. The van der Waals surface area contributed by atoms with E-state index in [4.69, 9.17) is 4.98 Å².